The van der Waals surface area contributed by atoms with Crippen LogP contribution in [0.15, 0.2) is 51.8 Å². The number of ether oxygens (including phenoxy) is 1. The highest BCUT2D eigenvalue weighted by Gasteiger charge is 2.38. The van der Waals surface area contributed by atoms with Gasteiger partial charge in [-0.2, -0.15) is 13.2 Å². The smallest absolute Gasteiger partial charge is 0.419 e. The van der Waals surface area contributed by atoms with Crippen LogP contribution in [0.2, 0.25) is 0 Å². The van der Waals surface area contributed by atoms with E-state index in [4.69, 9.17) is 4.74 Å². The maximum absolute atomic E-state index is 13.4. The maximum Gasteiger partial charge on any atom is 0.419 e. The number of alkyl halides is 3. The topological polar surface area (TPSA) is 67.4 Å². The van der Waals surface area contributed by atoms with E-state index >= 15 is 0 Å². The molecule has 28 heavy (non-hydrogen) atoms. The summed E-state index contributed by atoms with van der Waals surface area (Å²) in [6.45, 7) is 2.75. The van der Waals surface area contributed by atoms with Crippen LogP contribution in [0.1, 0.15) is 18.9 Å². The normalized spacial score (nSPS) is 20.2. The predicted octanol–water partition coefficient (Wildman–Crippen LogP) is 4.40. The molecule has 3 rings (SSSR count). The molecule has 1 heterocycles. The molecule has 0 spiro atoms. The molecule has 0 radical (unpaired) electrons. The summed E-state index contributed by atoms with van der Waals surface area (Å²) in [4.78, 5) is -0.00924. The van der Waals surface area contributed by atoms with E-state index < -0.39 is 33.1 Å². The minimum absolute atomic E-state index is 0.00924. The Morgan fingerprint density at radius 3 is 2.43 bits per heavy atom. The summed E-state index contributed by atoms with van der Waals surface area (Å²) >= 11 is 3.22. The molecular formula is C18H18BrF3N2O3S. The van der Waals surface area contributed by atoms with Crippen LogP contribution in [-0.2, 0) is 16.2 Å². The largest absolute Gasteiger partial charge is 0.485 e. The Labute approximate surface area is 169 Å². The van der Waals surface area contributed by atoms with Gasteiger partial charge >= 0.3 is 6.18 Å². The Morgan fingerprint density at radius 1 is 1.18 bits per heavy atom. The second-order valence-electron chi connectivity index (χ2n) is 6.75. The molecule has 1 fully saturated rings. The Balaban J connectivity index is 1.93. The summed E-state index contributed by atoms with van der Waals surface area (Å²) in [7, 11) is -3.96. The highest BCUT2D eigenvalue weighted by Crippen LogP contribution is 2.40. The van der Waals surface area contributed by atoms with Gasteiger partial charge < -0.3 is 10.1 Å². The summed E-state index contributed by atoms with van der Waals surface area (Å²) in [6, 6.07) is 8.86. The van der Waals surface area contributed by atoms with E-state index in [1.165, 1.54) is 12.1 Å². The monoisotopic (exact) mass is 478 g/mol. The Morgan fingerprint density at radius 2 is 1.86 bits per heavy atom. The third-order valence-electron chi connectivity index (χ3n) is 4.35. The average Bonchev–Trinajstić information content (AvgIpc) is 3.00. The zero-order valence-electron chi connectivity index (χ0n) is 14.8. The predicted molar refractivity (Wildman–Crippen MR) is 103 cm³/mol. The third-order valence-corrected chi connectivity index (χ3v) is 6.27. The molecule has 1 atom stereocenters. The van der Waals surface area contributed by atoms with Crippen molar-refractivity contribution >= 4 is 31.6 Å². The summed E-state index contributed by atoms with van der Waals surface area (Å²) < 4.78 is 73.9. The van der Waals surface area contributed by atoms with Crippen molar-refractivity contribution in [2.75, 3.05) is 17.8 Å². The van der Waals surface area contributed by atoms with Crippen molar-refractivity contribution in [3.8, 4) is 5.75 Å². The summed E-state index contributed by atoms with van der Waals surface area (Å²) in [6.07, 6.45) is -4.08. The fourth-order valence-electron chi connectivity index (χ4n) is 2.88. The molecule has 0 aliphatic carbocycles. The molecule has 0 unspecified atom stereocenters. The van der Waals surface area contributed by atoms with Crippen molar-refractivity contribution in [3.63, 3.8) is 0 Å². The highest BCUT2D eigenvalue weighted by atomic mass is 79.9. The van der Waals surface area contributed by atoms with Crippen LogP contribution in [0, 0.1) is 0 Å². The Kier molecular flexibility index (Phi) is 5.66. The number of hydrogen-bond acceptors (Lipinski definition) is 4. The summed E-state index contributed by atoms with van der Waals surface area (Å²) in [5.74, 6) is -0.408. The lowest BCUT2D eigenvalue weighted by molar-refractivity contribution is -0.139. The van der Waals surface area contributed by atoms with Crippen molar-refractivity contribution in [2.24, 2.45) is 0 Å². The van der Waals surface area contributed by atoms with Crippen LogP contribution in [0.5, 0.6) is 5.75 Å². The first-order chi connectivity index (χ1) is 13.0. The van der Waals surface area contributed by atoms with Crippen molar-refractivity contribution in [1.82, 2.24) is 5.32 Å². The van der Waals surface area contributed by atoms with Gasteiger partial charge in [-0.25, -0.2) is 8.42 Å². The van der Waals surface area contributed by atoms with Gasteiger partial charge in [0.15, 0.2) is 0 Å². The van der Waals surface area contributed by atoms with Crippen LogP contribution in [0.3, 0.4) is 0 Å². The third kappa shape index (κ3) is 4.79. The van der Waals surface area contributed by atoms with Gasteiger partial charge in [0, 0.05) is 23.5 Å². The molecule has 152 valence electrons. The van der Waals surface area contributed by atoms with Gasteiger partial charge in [0.2, 0.25) is 0 Å². The van der Waals surface area contributed by atoms with E-state index in [2.05, 4.69) is 26.0 Å². The second-order valence-corrected chi connectivity index (χ2v) is 9.34. The lowest BCUT2D eigenvalue weighted by Crippen LogP contribution is -2.35. The van der Waals surface area contributed by atoms with Crippen molar-refractivity contribution < 1.29 is 26.3 Å². The minimum Gasteiger partial charge on any atom is -0.485 e. The lowest BCUT2D eigenvalue weighted by atomic mass is 10.1. The zero-order valence-corrected chi connectivity index (χ0v) is 17.2. The molecule has 1 aliphatic heterocycles. The highest BCUT2D eigenvalue weighted by molar-refractivity contribution is 9.10. The molecule has 0 saturated carbocycles. The SMILES string of the molecule is C[C@@]1(Oc2cc(NS(=O)(=O)c3ccc(Br)cc3)ccc2C(F)(F)F)CCNC1. The summed E-state index contributed by atoms with van der Waals surface area (Å²) in [5, 5.41) is 3.05. The maximum atomic E-state index is 13.4. The van der Waals surface area contributed by atoms with E-state index in [1.807, 2.05) is 0 Å². The van der Waals surface area contributed by atoms with Gasteiger partial charge in [0.05, 0.1) is 16.1 Å². The number of benzene rings is 2. The molecule has 10 heteroatoms. The Hall–Kier alpha value is -1.78. The molecule has 2 aromatic carbocycles. The molecule has 2 aromatic rings. The van der Waals surface area contributed by atoms with E-state index in [0.29, 0.717) is 24.0 Å². The van der Waals surface area contributed by atoms with Gasteiger partial charge in [-0.3, -0.25) is 4.72 Å². The number of sulfonamides is 1. The number of rotatable bonds is 5. The van der Waals surface area contributed by atoms with Crippen molar-refractivity contribution in [3.05, 3.63) is 52.5 Å². The molecule has 0 aromatic heterocycles. The fraction of sp³-hybridized carbons (Fsp3) is 0.333. The standard InChI is InChI=1S/C18H18BrF3N2O3S/c1-17(8-9-23-11-17)27-16-10-13(4-7-15(16)18(20,21)22)24-28(25,26)14-5-2-12(19)3-6-14/h2-7,10,23-24H,8-9,11H2,1H3/t17-/m1/s1. The van der Waals surface area contributed by atoms with E-state index in [9.17, 15) is 21.6 Å². The van der Waals surface area contributed by atoms with Gasteiger partial charge in [0.25, 0.3) is 10.0 Å². The zero-order chi connectivity index (χ0) is 20.6. The molecular weight excluding hydrogens is 461 g/mol. The molecule has 5 nitrogen and oxygen atoms in total. The fourth-order valence-corrected chi connectivity index (χ4v) is 4.19. The van der Waals surface area contributed by atoms with Crippen LogP contribution in [0.4, 0.5) is 18.9 Å². The van der Waals surface area contributed by atoms with Crippen LogP contribution in [0.25, 0.3) is 0 Å². The molecule has 0 amide bonds. The number of anilines is 1. The van der Waals surface area contributed by atoms with E-state index in [0.717, 1.165) is 18.2 Å². The van der Waals surface area contributed by atoms with Crippen LogP contribution >= 0.6 is 15.9 Å². The van der Waals surface area contributed by atoms with Gasteiger partial charge in [-0.05, 0) is 49.9 Å². The van der Waals surface area contributed by atoms with E-state index in [1.54, 1.807) is 19.1 Å². The first-order valence-electron chi connectivity index (χ1n) is 8.38. The minimum atomic E-state index is -4.62. The molecule has 0 bridgehead atoms. The van der Waals surface area contributed by atoms with Gasteiger partial charge in [0.1, 0.15) is 11.4 Å². The van der Waals surface area contributed by atoms with Crippen LogP contribution in [-0.4, -0.2) is 27.1 Å². The number of halogens is 4. The van der Waals surface area contributed by atoms with Crippen molar-refractivity contribution in [2.45, 2.75) is 30.0 Å². The molecule has 2 N–H and O–H groups in total. The number of hydrogen-bond donors (Lipinski definition) is 2. The van der Waals surface area contributed by atoms with Gasteiger partial charge in [-0.1, -0.05) is 15.9 Å². The quantitative estimate of drug-likeness (QED) is 0.668. The molecule has 1 aliphatic rings. The van der Waals surface area contributed by atoms with Crippen LogP contribution < -0.4 is 14.8 Å². The average molecular weight is 479 g/mol. The lowest BCUT2D eigenvalue weighted by Gasteiger charge is -2.27. The molecule has 1 saturated heterocycles. The van der Waals surface area contributed by atoms with E-state index in [-0.39, 0.29) is 10.6 Å². The Bertz CT molecular complexity index is 957. The number of nitrogens with one attached hydrogen (secondary N) is 2. The first-order valence-corrected chi connectivity index (χ1v) is 10.7. The first kappa shape index (κ1) is 20.9. The summed E-state index contributed by atoms with van der Waals surface area (Å²) in [5.41, 5.74) is -1.77. The second kappa shape index (κ2) is 7.57. The van der Waals surface area contributed by atoms with Gasteiger partial charge in [-0.15, -0.1) is 0 Å². The van der Waals surface area contributed by atoms with Crippen molar-refractivity contribution in [1.29, 1.82) is 0 Å².